The van der Waals surface area contributed by atoms with Gasteiger partial charge in [-0.25, -0.2) is 4.99 Å². The summed E-state index contributed by atoms with van der Waals surface area (Å²) in [7, 11) is 1.72. The number of rotatable bonds is 11. The Labute approximate surface area is 193 Å². The minimum Gasteiger partial charge on any atom is -0.493 e. The molecular weight excluding hydrogens is 404 g/mol. The second kappa shape index (κ2) is 13.0. The van der Waals surface area contributed by atoms with Crippen molar-refractivity contribution in [2.75, 3.05) is 59.7 Å². The monoisotopic (exact) mass is 446 g/mol. The maximum atomic E-state index is 6.04. The van der Waals surface area contributed by atoms with Crippen LogP contribution in [0.3, 0.4) is 0 Å². The molecule has 2 saturated heterocycles. The third-order valence-corrected chi connectivity index (χ3v) is 6.51. The van der Waals surface area contributed by atoms with Crippen LogP contribution in [0.25, 0.3) is 0 Å². The predicted octanol–water partition coefficient (Wildman–Crippen LogP) is 3.11. The van der Waals surface area contributed by atoms with E-state index in [-0.39, 0.29) is 5.54 Å². The number of ether oxygens (including phenoxy) is 3. The third-order valence-electron chi connectivity index (χ3n) is 6.51. The van der Waals surface area contributed by atoms with Crippen LogP contribution in [-0.2, 0) is 16.0 Å². The average molecular weight is 447 g/mol. The quantitative estimate of drug-likeness (QED) is 0.309. The van der Waals surface area contributed by atoms with Crippen LogP contribution in [0.4, 0.5) is 0 Å². The maximum absolute atomic E-state index is 6.04. The number of hydrogen-bond acceptors (Lipinski definition) is 5. The molecule has 2 aliphatic rings. The number of nitrogens with zero attached hydrogens (tertiary/aromatic N) is 2. The van der Waals surface area contributed by atoms with Crippen molar-refractivity contribution in [3.63, 3.8) is 0 Å². The number of nitrogens with one attached hydrogen (secondary N) is 2. The molecule has 180 valence electrons. The number of hydrogen-bond donors (Lipinski definition) is 2. The van der Waals surface area contributed by atoms with Crippen molar-refractivity contribution < 1.29 is 14.2 Å². The number of aliphatic imine (C=N–C) groups is 1. The minimum atomic E-state index is 0.171. The van der Waals surface area contributed by atoms with Gasteiger partial charge in [0.05, 0.1) is 13.2 Å². The molecule has 2 aliphatic heterocycles. The van der Waals surface area contributed by atoms with Crippen molar-refractivity contribution in [1.29, 1.82) is 0 Å². The topological polar surface area (TPSA) is 67.4 Å². The zero-order valence-electron chi connectivity index (χ0n) is 20.3. The van der Waals surface area contributed by atoms with Gasteiger partial charge in [-0.3, -0.25) is 4.90 Å². The van der Waals surface area contributed by atoms with Gasteiger partial charge in [-0.05, 0) is 64.3 Å². The lowest BCUT2D eigenvalue weighted by Crippen LogP contribution is -2.58. The van der Waals surface area contributed by atoms with E-state index < -0.39 is 0 Å². The molecule has 1 aromatic carbocycles. The van der Waals surface area contributed by atoms with E-state index in [2.05, 4.69) is 47.6 Å². The Hall–Kier alpha value is -1.83. The van der Waals surface area contributed by atoms with E-state index in [1.165, 1.54) is 31.5 Å². The Morgan fingerprint density at radius 2 is 1.94 bits per heavy atom. The van der Waals surface area contributed by atoms with E-state index in [9.17, 15) is 0 Å². The molecule has 0 bridgehead atoms. The lowest BCUT2D eigenvalue weighted by molar-refractivity contribution is -0.0164. The highest BCUT2D eigenvalue weighted by Gasteiger charge is 2.39. The average Bonchev–Trinajstić information content (AvgIpc) is 3.36. The van der Waals surface area contributed by atoms with Crippen LogP contribution in [0.1, 0.15) is 50.2 Å². The van der Waals surface area contributed by atoms with Crippen molar-refractivity contribution >= 4 is 5.96 Å². The second-order valence-corrected chi connectivity index (χ2v) is 8.89. The Balaban J connectivity index is 1.65. The lowest BCUT2D eigenvalue weighted by atomic mass is 9.88. The zero-order valence-corrected chi connectivity index (χ0v) is 20.3. The zero-order chi connectivity index (χ0) is 22.7. The fourth-order valence-corrected chi connectivity index (χ4v) is 4.61. The first kappa shape index (κ1) is 24.8. The summed E-state index contributed by atoms with van der Waals surface area (Å²) in [6, 6.07) is 6.35. The van der Waals surface area contributed by atoms with Gasteiger partial charge in [0, 0.05) is 57.5 Å². The summed E-state index contributed by atoms with van der Waals surface area (Å²) in [4.78, 5) is 7.58. The Morgan fingerprint density at radius 3 is 2.66 bits per heavy atom. The SMILES string of the molecule is CCNC(=NCc1ccc(C)cc1OCCCOC)NCC1(N2CCCC2)CCOCC1. The summed E-state index contributed by atoms with van der Waals surface area (Å²) < 4.78 is 16.9. The molecule has 0 unspecified atom stereocenters. The van der Waals surface area contributed by atoms with Gasteiger partial charge in [0.1, 0.15) is 5.75 Å². The molecule has 0 amide bonds. The minimum absolute atomic E-state index is 0.171. The number of aryl methyl sites for hydroxylation is 1. The molecule has 0 radical (unpaired) electrons. The number of benzene rings is 1. The van der Waals surface area contributed by atoms with Gasteiger partial charge in [0.15, 0.2) is 5.96 Å². The molecule has 0 atom stereocenters. The van der Waals surface area contributed by atoms with Gasteiger partial charge in [-0.1, -0.05) is 12.1 Å². The van der Waals surface area contributed by atoms with Crippen molar-refractivity contribution in [1.82, 2.24) is 15.5 Å². The molecule has 32 heavy (non-hydrogen) atoms. The number of methoxy groups -OCH3 is 1. The molecule has 0 aliphatic carbocycles. The predicted molar refractivity (Wildman–Crippen MR) is 130 cm³/mol. The highest BCUT2D eigenvalue weighted by atomic mass is 16.5. The molecule has 7 nitrogen and oxygen atoms in total. The Bertz CT molecular complexity index is 713. The number of likely N-dealkylation sites (tertiary alicyclic amines) is 1. The van der Waals surface area contributed by atoms with Crippen LogP contribution in [0.15, 0.2) is 23.2 Å². The van der Waals surface area contributed by atoms with Crippen LogP contribution in [0.5, 0.6) is 5.75 Å². The van der Waals surface area contributed by atoms with Crippen LogP contribution in [-0.4, -0.2) is 76.1 Å². The standard InChI is InChI=1S/C25H42N4O3/c1-4-26-24(28-20-25(10-16-31-17-11-25)29-12-5-6-13-29)27-19-22-9-8-21(2)18-23(22)32-15-7-14-30-3/h8-9,18H,4-7,10-17,19-20H2,1-3H3,(H2,26,27,28). The first-order valence-electron chi connectivity index (χ1n) is 12.2. The van der Waals surface area contributed by atoms with Gasteiger partial charge in [-0.2, -0.15) is 0 Å². The van der Waals surface area contributed by atoms with E-state index in [0.717, 1.165) is 62.8 Å². The van der Waals surface area contributed by atoms with Crippen molar-refractivity contribution in [3.05, 3.63) is 29.3 Å². The molecule has 0 spiro atoms. The van der Waals surface area contributed by atoms with Crippen molar-refractivity contribution in [2.24, 2.45) is 4.99 Å². The number of guanidine groups is 1. The van der Waals surface area contributed by atoms with E-state index in [1.54, 1.807) is 7.11 Å². The van der Waals surface area contributed by atoms with Gasteiger partial charge in [0.2, 0.25) is 0 Å². The first-order valence-corrected chi connectivity index (χ1v) is 12.2. The summed E-state index contributed by atoms with van der Waals surface area (Å²) in [5.74, 6) is 1.78. The molecule has 2 heterocycles. The van der Waals surface area contributed by atoms with E-state index in [1.807, 2.05) is 0 Å². The first-order chi connectivity index (χ1) is 15.7. The molecular formula is C25H42N4O3. The normalized spacial score (nSPS) is 19.2. The summed E-state index contributed by atoms with van der Waals surface area (Å²) in [5, 5.41) is 7.08. The molecule has 3 rings (SSSR count). The third kappa shape index (κ3) is 7.09. The van der Waals surface area contributed by atoms with Crippen LogP contribution < -0.4 is 15.4 Å². The van der Waals surface area contributed by atoms with Gasteiger partial charge < -0.3 is 24.8 Å². The molecule has 2 N–H and O–H groups in total. The molecule has 0 saturated carbocycles. The Kier molecular flexibility index (Phi) is 10.1. The van der Waals surface area contributed by atoms with Gasteiger partial charge in [0.25, 0.3) is 0 Å². The van der Waals surface area contributed by atoms with Gasteiger partial charge in [-0.15, -0.1) is 0 Å². The summed E-state index contributed by atoms with van der Waals surface area (Å²) in [6.07, 6.45) is 5.64. The molecule has 0 aromatic heterocycles. The fraction of sp³-hybridized carbons (Fsp3) is 0.720. The van der Waals surface area contributed by atoms with Crippen LogP contribution >= 0.6 is 0 Å². The highest BCUT2D eigenvalue weighted by Crippen LogP contribution is 2.30. The summed E-state index contributed by atoms with van der Waals surface area (Å²) in [5.41, 5.74) is 2.46. The second-order valence-electron chi connectivity index (χ2n) is 8.89. The molecule has 7 heteroatoms. The molecule has 1 aromatic rings. The van der Waals surface area contributed by atoms with Crippen molar-refractivity contribution in [2.45, 2.75) is 58.0 Å². The van der Waals surface area contributed by atoms with Gasteiger partial charge >= 0.3 is 0 Å². The molecule has 2 fully saturated rings. The van der Waals surface area contributed by atoms with E-state index in [4.69, 9.17) is 19.2 Å². The van der Waals surface area contributed by atoms with Crippen molar-refractivity contribution in [3.8, 4) is 5.75 Å². The van der Waals surface area contributed by atoms with Crippen LogP contribution in [0.2, 0.25) is 0 Å². The van der Waals surface area contributed by atoms with Crippen LogP contribution in [0, 0.1) is 6.92 Å². The summed E-state index contributed by atoms with van der Waals surface area (Å²) >= 11 is 0. The lowest BCUT2D eigenvalue weighted by Gasteiger charge is -2.45. The highest BCUT2D eigenvalue weighted by molar-refractivity contribution is 5.79. The summed E-state index contributed by atoms with van der Waals surface area (Å²) in [6.45, 7) is 11.9. The maximum Gasteiger partial charge on any atom is 0.191 e. The van der Waals surface area contributed by atoms with E-state index >= 15 is 0 Å². The Morgan fingerprint density at radius 1 is 1.16 bits per heavy atom. The largest absolute Gasteiger partial charge is 0.493 e. The van der Waals surface area contributed by atoms with E-state index in [0.29, 0.717) is 19.8 Å². The fourth-order valence-electron chi connectivity index (χ4n) is 4.61. The smallest absolute Gasteiger partial charge is 0.191 e.